The van der Waals surface area contributed by atoms with Crippen molar-refractivity contribution in [1.82, 2.24) is 0 Å². The molecular formula is C20H26O5. The lowest BCUT2D eigenvalue weighted by atomic mass is 9.85. The molecule has 0 radical (unpaired) electrons. The Hall–Kier alpha value is -2.14. The Bertz CT molecular complexity index is 668. The van der Waals surface area contributed by atoms with E-state index < -0.39 is 36.2 Å². The normalized spacial score (nSPS) is 35.0. The third-order valence-electron chi connectivity index (χ3n) is 4.84. The van der Waals surface area contributed by atoms with Gasteiger partial charge in [-0.2, -0.15) is 0 Å². The van der Waals surface area contributed by atoms with Gasteiger partial charge in [0.2, 0.25) is 0 Å². The number of ether oxygens (including phenoxy) is 2. The lowest BCUT2D eigenvalue weighted by molar-refractivity contribution is -0.147. The largest absolute Gasteiger partial charge is 0.458 e. The van der Waals surface area contributed by atoms with E-state index in [2.05, 4.69) is 6.58 Å². The van der Waals surface area contributed by atoms with Crippen LogP contribution >= 0.6 is 0 Å². The van der Waals surface area contributed by atoms with E-state index in [9.17, 15) is 14.7 Å². The highest BCUT2D eigenvalue weighted by molar-refractivity contribution is 5.92. The molecule has 0 unspecified atom stereocenters. The van der Waals surface area contributed by atoms with Crippen LogP contribution in [0.25, 0.3) is 0 Å². The highest BCUT2D eigenvalue weighted by Gasteiger charge is 2.44. The monoisotopic (exact) mass is 346 g/mol. The Morgan fingerprint density at radius 3 is 2.76 bits per heavy atom. The van der Waals surface area contributed by atoms with Gasteiger partial charge in [0.05, 0.1) is 12.0 Å². The third kappa shape index (κ3) is 4.28. The molecule has 0 aromatic heterocycles. The summed E-state index contributed by atoms with van der Waals surface area (Å²) < 4.78 is 11.1. The molecule has 5 heteroatoms. The van der Waals surface area contributed by atoms with Crippen LogP contribution in [0.15, 0.2) is 47.1 Å². The van der Waals surface area contributed by atoms with Gasteiger partial charge in [-0.1, -0.05) is 24.3 Å². The molecule has 1 saturated heterocycles. The Morgan fingerprint density at radius 2 is 2.12 bits per heavy atom. The number of carbonyl (C=O) groups excluding carboxylic acids is 2. The average Bonchev–Trinajstić information content (AvgIpc) is 2.84. The minimum absolute atomic E-state index is 0.299. The Morgan fingerprint density at radius 1 is 1.44 bits per heavy atom. The first-order chi connectivity index (χ1) is 11.7. The number of aliphatic hydroxyl groups excluding tert-OH is 1. The van der Waals surface area contributed by atoms with Gasteiger partial charge in [-0.15, -0.1) is 0 Å². The molecule has 2 rings (SSSR count). The van der Waals surface area contributed by atoms with E-state index in [1.54, 1.807) is 32.9 Å². The summed E-state index contributed by atoms with van der Waals surface area (Å²) >= 11 is 0. The van der Waals surface area contributed by atoms with E-state index in [1.807, 2.05) is 13.0 Å². The molecule has 0 aromatic rings. The highest BCUT2D eigenvalue weighted by Crippen LogP contribution is 2.36. The van der Waals surface area contributed by atoms with Crippen molar-refractivity contribution in [3.63, 3.8) is 0 Å². The fourth-order valence-electron chi connectivity index (χ4n) is 3.04. The SMILES string of the molecule is C=C1C(=O)O[C@H]2/C=C(/C)[C@H](O)C/C=C(/C)C[C@@H](OC(=O)/C(C)=C/C)[C@@H]12. The topological polar surface area (TPSA) is 72.8 Å². The molecule has 2 aliphatic rings. The van der Waals surface area contributed by atoms with Gasteiger partial charge in [-0.3, -0.25) is 0 Å². The smallest absolute Gasteiger partial charge is 0.334 e. The number of hydrogen-bond acceptors (Lipinski definition) is 5. The zero-order valence-corrected chi connectivity index (χ0v) is 15.2. The molecule has 136 valence electrons. The minimum atomic E-state index is -0.632. The van der Waals surface area contributed by atoms with Gasteiger partial charge in [0.25, 0.3) is 0 Å². The van der Waals surface area contributed by atoms with Crippen molar-refractivity contribution in [3.05, 3.63) is 47.1 Å². The zero-order valence-electron chi connectivity index (χ0n) is 15.2. The number of fused-ring (bicyclic) bond motifs is 1. The van der Waals surface area contributed by atoms with Crippen molar-refractivity contribution in [1.29, 1.82) is 0 Å². The van der Waals surface area contributed by atoms with E-state index >= 15 is 0 Å². The maximum Gasteiger partial charge on any atom is 0.334 e. The minimum Gasteiger partial charge on any atom is -0.458 e. The predicted octanol–water partition coefficient (Wildman–Crippen LogP) is 3.01. The number of aliphatic hydroxyl groups is 1. The van der Waals surface area contributed by atoms with Crippen molar-refractivity contribution in [2.45, 2.75) is 58.8 Å². The summed E-state index contributed by atoms with van der Waals surface area (Å²) in [6.07, 6.45) is 4.51. The van der Waals surface area contributed by atoms with Gasteiger partial charge in [-0.25, -0.2) is 9.59 Å². The van der Waals surface area contributed by atoms with E-state index in [0.29, 0.717) is 24.0 Å². The summed E-state index contributed by atoms with van der Waals surface area (Å²) in [5, 5.41) is 10.2. The molecule has 1 aliphatic heterocycles. The number of carbonyl (C=O) groups is 2. The van der Waals surface area contributed by atoms with Crippen molar-refractivity contribution in [2.75, 3.05) is 0 Å². The van der Waals surface area contributed by atoms with Gasteiger partial charge >= 0.3 is 11.9 Å². The summed E-state index contributed by atoms with van der Waals surface area (Å²) in [7, 11) is 0. The molecule has 0 bridgehead atoms. The first kappa shape index (κ1) is 19.2. The lowest BCUT2D eigenvalue weighted by Gasteiger charge is -2.28. The van der Waals surface area contributed by atoms with E-state index in [4.69, 9.17) is 9.47 Å². The van der Waals surface area contributed by atoms with Gasteiger partial charge in [0.15, 0.2) is 0 Å². The Kier molecular flexibility index (Phi) is 6.01. The molecular weight excluding hydrogens is 320 g/mol. The second kappa shape index (κ2) is 7.83. The predicted molar refractivity (Wildman–Crippen MR) is 94.6 cm³/mol. The molecule has 0 spiro atoms. The van der Waals surface area contributed by atoms with Crippen molar-refractivity contribution in [2.24, 2.45) is 5.92 Å². The van der Waals surface area contributed by atoms with Crippen LogP contribution < -0.4 is 0 Å². The number of hydrogen-bond donors (Lipinski definition) is 1. The molecule has 0 aromatic carbocycles. The van der Waals surface area contributed by atoms with Crippen molar-refractivity contribution in [3.8, 4) is 0 Å². The van der Waals surface area contributed by atoms with Crippen LogP contribution in [0.5, 0.6) is 0 Å². The van der Waals surface area contributed by atoms with Gasteiger partial charge in [0, 0.05) is 17.6 Å². The van der Waals surface area contributed by atoms with Crippen LogP contribution in [0, 0.1) is 5.92 Å². The fourth-order valence-corrected chi connectivity index (χ4v) is 3.04. The highest BCUT2D eigenvalue weighted by atomic mass is 16.6. The number of allylic oxidation sites excluding steroid dienone is 1. The van der Waals surface area contributed by atoms with Crippen LogP contribution in [0.3, 0.4) is 0 Å². The zero-order chi connectivity index (χ0) is 18.7. The summed E-state index contributed by atoms with van der Waals surface area (Å²) in [5.41, 5.74) is 2.51. The summed E-state index contributed by atoms with van der Waals surface area (Å²) in [6.45, 7) is 11.0. The van der Waals surface area contributed by atoms with Gasteiger partial charge in [0.1, 0.15) is 12.2 Å². The standard InChI is InChI=1S/C20H26O5/c1-6-12(3)19(22)24-16-9-11(2)7-8-15(21)13(4)10-17-18(16)14(5)20(23)25-17/h6-7,10,15-18,21H,5,8-9H2,1-4H3/b11-7-,12-6+,13-10-/t15-,16-,17+,18-/m1/s1. The molecule has 1 aliphatic carbocycles. The Balaban J connectivity index is 2.42. The number of rotatable bonds is 2. The number of esters is 2. The quantitative estimate of drug-likeness (QED) is 0.473. The summed E-state index contributed by atoms with van der Waals surface area (Å²) in [4.78, 5) is 24.3. The average molecular weight is 346 g/mol. The summed E-state index contributed by atoms with van der Waals surface area (Å²) in [5.74, 6) is -1.37. The molecule has 1 fully saturated rings. The maximum absolute atomic E-state index is 12.3. The van der Waals surface area contributed by atoms with Crippen molar-refractivity contribution >= 4 is 11.9 Å². The molecule has 1 heterocycles. The van der Waals surface area contributed by atoms with E-state index in [1.165, 1.54) is 0 Å². The van der Waals surface area contributed by atoms with Gasteiger partial charge < -0.3 is 14.6 Å². The lowest BCUT2D eigenvalue weighted by Crippen LogP contribution is -2.34. The Labute approximate surface area is 148 Å². The fraction of sp³-hybridized carbons (Fsp3) is 0.500. The molecule has 5 nitrogen and oxygen atoms in total. The third-order valence-corrected chi connectivity index (χ3v) is 4.84. The molecule has 1 N–H and O–H groups in total. The summed E-state index contributed by atoms with van der Waals surface area (Å²) in [6, 6.07) is 0. The second-order valence-corrected chi connectivity index (χ2v) is 6.75. The van der Waals surface area contributed by atoms with Crippen LogP contribution in [-0.4, -0.2) is 35.4 Å². The molecule has 0 amide bonds. The molecule has 4 atom stereocenters. The van der Waals surface area contributed by atoms with E-state index in [0.717, 1.165) is 11.1 Å². The van der Waals surface area contributed by atoms with Crippen molar-refractivity contribution < 1.29 is 24.2 Å². The second-order valence-electron chi connectivity index (χ2n) is 6.75. The van der Waals surface area contributed by atoms with Crippen LogP contribution in [0.2, 0.25) is 0 Å². The van der Waals surface area contributed by atoms with Crippen LogP contribution in [0.1, 0.15) is 40.5 Å². The maximum atomic E-state index is 12.3. The van der Waals surface area contributed by atoms with Gasteiger partial charge in [-0.05, 0) is 45.8 Å². The molecule has 0 saturated carbocycles. The first-order valence-electron chi connectivity index (χ1n) is 8.50. The first-order valence-corrected chi connectivity index (χ1v) is 8.50. The van der Waals surface area contributed by atoms with Crippen LogP contribution in [-0.2, 0) is 19.1 Å². The van der Waals surface area contributed by atoms with E-state index in [-0.39, 0.29) is 0 Å². The van der Waals surface area contributed by atoms with Crippen LogP contribution in [0.4, 0.5) is 0 Å². The molecule has 25 heavy (non-hydrogen) atoms.